The van der Waals surface area contributed by atoms with E-state index in [0.29, 0.717) is 5.57 Å². The van der Waals surface area contributed by atoms with Crippen molar-refractivity contribution in [3.8, 4) is 0 Å². The smallest absolute Gasteiger partial charge is 0.244 e. The average molecular weight is 184 g/mol. The van der Waals surface area contributed by atoms with Gasteiger partial charge in [0.2, 0.25) is 5.91 Å². The van der Waals surface area contributed by atoms with Crippen LogP contribution in [-0.2, 0) is 4.79 Å². The number of carbonyl (C=O) groups excluding carboxylic acids is 1. The van der Waals surface area contributed by atoms with E-state index in [4.69, 9.17) is 5.73 Å². The molecule has 3 N–H and O–H groups in total. The topological polar surface area (TPSA) is 55.1 Å². The van der Waals surface area contributed by atoms with Gasteiger partial charge in [0.05, 0.1) is 0 Å². The fraction of sp³-hybridized carbons (Fsp3) is 0.700. The van der Waals surface area contributed by atoms with Crippen LogP contribution in [0.3, 0.4) is 0 Å². The molecule has 0 aliphatic heterocycles. The lowest BCUT2D eigenvalue weighted by atomic mass is 10.1. The zero-order valence-electron chi connectivity index (χ0n) is 9.14. The molecule has 0 bridgehead atoms. The second-order valence-corrected chi connectivity index (χ2v) is 4.40. The maximum absolute atomic E-state index is 10.7. The van der Waals surface area contributed by atoms with Crippen molar-refractivity contribution in [1.29, 1.82) is 0 Å². The molecule has 0 heterocycles. The maximum Gasteiger partial charge on any atom is 0.244 e. The van der Waals surface area contributed by atoms with Gasteiger partial charge in [0.1, 0.15) is 0 Å². The Bertz CT molecular complexity index is 213. The number of hydrogen-bond acceptors (Lipinski definition) is 2. The Kier molecular flexibility index (Phi) is 4.14. The van der Waals surface area contributed by atoms with Crippen molar-refractivity contribution in [3.05, 3.63) is 11.6 Å². The van der Waals surface area contributed by atoms with Gasteiger partial charge in [0, 0.05) is 17.2 Å². The molecule has 0 spiro atoms. The molecule has 0 saturated heterocycles. The van der Waals surface area contributed by atoms with Crippen molar-refractivity contribution in [2.24, 2.45) is 5.73 Å². The summed E-state index contributed by atoms with van der Waals surface area (Å²) in [7, 11) is 0. The number of nitrogens with one attached hydrogen (secondary N) is 1. The Hall–Kier alpha value is -0.830. The number of primary amides is 1. The van der Waals surface area contributed by atoms with Crippen LogP contribution in [0, 0.1) is 0 Å². The summed E-state index contributed by atoms with van der Waals surface area (Å²) in [6.45, 7) is 9.96. The first-order valence-corrected chi connectivity index (χ1v) is 4.48. The molecule has 1 amide bonds. The SMILES string of the molecule is C/C(=C\C(C)NC(C)(C)C)C(N)=O. The van der Waals surface area contributed by atoms with E-state index in [2.05, 4.69) is 26.1 Å². The summed E-state index contributed by atoms with van der Waals surface area (Å²) in [6, 6.07) is 0.160. The molecule has 0 aromatic carbocycles. The van der Waals surface area contributed by atoms with E-state index < -0.39 is 0 Å². The van der Waals surface area contributed by atoms with E-state index in [1.807, 2.05) is 13.0 Å². The van der Waals surface area contributed by atoms with Crippen molar-refractivity contribution < 1.29 is 4.79 Å². The largest absolute Gasteiger partial charge is 0.366 e. The van der Waals surface area contributed by atoms with Crippen LogP contribution in [0.15, 0.2) is 11.6 Å². The summed E-state index contributed by atoms with van der Waals surface area (Å²) in [6.07, 6.45) is 1.84. The molecule has 13 heavy (non-hydrogen) atoms. The van der Waals surface area contributed by atoms with E-state index in [9.17, 15) is 4.79 Å². The zero-order chi connectivity index (χ0) is 10.6. The van der Waals surface area contributed by atoms with E-state index in [-0.39, 0.29) is 17.5 Å². The highest BCUT2D eigenvalue weighted by molar-refractivity contribution is 5.91. The molecular formula is C10H20N2O. The van der Waals surface area contributed by atoms with Gasteiger partial charge in [0.25, 0.3) is 0 Å². The number of nitrogens with two attached hydrogens (primary N) is 1. The molecular weight excluding hydrogens is 164 g/mol. The Labute approximate surface area is 80.4 Å². The van der Waals surface area contributed by atoms with Crippen LogP contribution in [-0.4, -0.2) is 17.5 Å². The van der Waals surface area contributed by atoms with Crippen LogP contribution < -0.4 is 11.1 Å². The molecule has 3 nitrogen and oxygen atoms in total. The number of carbonyl (C=O) groups is 1. The fourth-order valence-corrected chi connectivity index (χ4v) is 1.18. The van der Waals surface area contributed by atoms with Gasteiger partial charge in [-0.1, -0.05) is 6.08 Å². The third-order valence-corrected chi connectivity index (χ3v) is 1.55. The summed E-state index contributed by atoms with van der Waals surface area (Å²) < 4.78 is 0. The molecule has 0 aliphatic carbocycles. The van der Waals surface area contributed by atoms with E-state index >= 15 is 0 Å². The molecule has 3 heteroatoms. The molecule has 0 saturated carbocycles. The van der Waals surface area contributed by atoms with Crippen molar-refractivity contribution >= 4 is 5.91 Å². The Morgan fingerprint density at radius 3 is 2.23 bits per heavy atom. The molecule has 76 valence electrons. The lowest BCUT2D eigenvalue weighted by molar-refractivity contribution is -0.114. The Morgan fingerprint density at radius 1 is 1.46 bits per heavy atom. The Morgan fingerprint density at radius 2 is 1.92 bits per heavy atom. The van der Waals surface area contributed by atoms with E-state index in [0.717, 1.165) is 0 Å². The third kappa shape index (κ3) is 6.34. The van der Waals surface area contributed by atoms with Gasteiger partial charge in [-0.25, -0.2) is 0 Å². The maximum atomic E-state index is 10.7. The van der Waals surface area contributed by atoms with Gasteiger partial charge in [-0.3, -0.25) is 4.79 Å². The number of rotatable bonds is 3. The minimum absolute atomic E-state index is 0.0494. The van der Waals surface area contributed by atoms with Crippen molar-refractivity contribution in [2.75, 3.05) is 0 Å². The predicted molar refractivity (Wildman–Crippen MR) is 55.3 cm³/mol. The third-order valence-electron chi connectivity index (χ3n) is 1.55. The molecule has 0 aromatic rings. The van der Waals surface area contributed by atoms with Crippen LogP contribution in [0.5, 0.6) is 0 Å². The summed E-state index contributed by atoms with van der Waals surface area (Å²) >= 11 is 0. The highest BCUT2D eigenvalue weighted by atomic mass is 16.1. The van der Waals surface area contributed by atoms with Gasteiger partial charge in [-0.15, -0.1) is 0 Å². The quantitative estimate of drug-likeness (QED) is 0.647. The number of amides is 1. The summed E-state index contributed by atoms with van der Waals surface area (Å²) in [5.74, 6) is -0.359. The summed E-state index contributed by atoms with van der Waals surface area (Å²) in [5, 5.41) is 3.32. The molecule has 0 aromatic heterocycles. The van der Waals surface area contributed by atoms with Crippen LogP contribution >= 0.6 is 0 Å². The average Bonchev–Trinajstić information content (AvgIpc) is 1.81. The molecule has 1 atom stereocenters. The first-order valence-electron chi connectivity index (χ1n) is 4.48. The fourth-order valence-electron chi connectivity index (χ4n) is 1.18. The summed E-state index contributed by atoms with van der Waals surface area (Å²) in [5.41, 5.74) is 5.76. The first-order chi connectivity index (χ1) is 5.72. The van der Waals surface area contributed by atoms with Crippen LogP contribution in [0.1, 0.15) is 34.6 Å². The minimum atomic E-state index is -0.359. The second kappa shape index (κ2) is 4.42. The van der Waals surface area contributed by atoms with Gasteiger partial charge in [-0.05, 0) is 34.6 Å². The normalized spacial score (nSPS) is 15.6. The van der Waals surface area contributed by atoms with Gasteiger partial charge >= 0.3 is 0 Å². The highest BCUT2D eigenvalue weighted by Gasteiger charge is 2.12. The van der Waals surface area contributed by atoms with Crippen LogP contribution in [0.25, 0.3) is 0 Å². The predicted octanol–water partition coefficient (Wildman–Crippen LogP) is 1.19. The van der Waals surface area contributed by atoms with Gasteiger partial charge in [-0.2, -0.15) is 0 Å². The molecule has 0 fully saturated rings. The van der Waals surface area contributed by atoms with Crippen molar-refractivity contribution in [3.63, 3.8) is 0 Å². The lowest BCUT2D eigenvalue weighted by Crippen LogP contribution is -2.41. The Balaban J connectivity index is 4.23. The molecule has 0 aliphatic rings. The lowest BCUT2D eigenvalue weighted by Gasteiger charge is -2.24. The van der Waals surface area contributed by atoms with E-state index in [1.165, 1.54) is 0 Å². The standard InChI is InChI=1S/C10H20N2O/c1-7(9(11)13)6-8(2)12-10(3,4)5/h6,8,12H,1-5H3,(H2,11,13)/b7-6+. The molecule has 0 rings (SSSR count). The van der Waals surface area contributed by atoms with E-state index in [1.54, 1.807) is 6.92 Å². The first kappa shape index (κ1) is 12.2. The van der Waals surface area contributed by atoms with Crippen molar-refractivity contribution in [2.45, 2.75) is 46.2 Å². The molecule has 0 radical (unpaired) electrons. The van der Waals surface area contributed by atoms with Gasteiger partial charge < -0.3 is 11.1 Å². The summed E-state index contributed by atoms with van der Waals surface area (Å²) in [4.78, 5) is 10.7. The monoisotopic (exact) mass is 184 g/mol. The number of hydrogen-bond donors (Lipinski definition) is 2. The minimum Gasteiger partial charge on any atom is -0.366 e. The van der Waals surface area contributed by atoms with Crippen LogP contribution in [0.4, 0.5) is 0 Å². The molecule has 1 unspecified atom stereocenters. The van der Waals surface area contributed by atoms with Crippen LogP contribution in [0.2, 0.25) is 0 Å². The highest BCUT2D eigenvalue weighted by Crippen LogP contribution is 2.03. The zero-order valence-corrected chi connectivity index (χ0v) is 9.14. The van der Waals surface area contributed by atoms with Crippen molar-refractivity contribution in [1.82, 2.24) is 5.32 Å². The van der Waals surface area contributed by atoms with Gasteiger partial charge in [0.15, 0.2) is 0 Å². The second-order valence-electron chi connectivity index (χ2n) is 4.40.